The first-order valence-corrected chi connectivity index (χ1v) is 7.84. The van der Waals surface area contributed by atoms with Crippen molar-refractivity contribution in [1.82, 2.24) is 19.8 Å². The summed E-state index contributed by atoms with van der Waals surface area (Å²) >= 11 is 0. The molecule has 1 atom stereocenters. The summed E-state index contributed by atoms with van der Waals surface area (Å²) in [6, 6.07) is 3.34. The summed E-state index contributed by atoms with van der Waals surface area (Å²) in [6.45, 7) is 1.65. The second-order valence-electron chi connectivity index (χ2n) is 6.18. The molecule has 0 radical (unpaired) electrons. The maximum Gasteiger partial charge on any atom is 0.329 e. The SMILES string of the molecule is Cn1c(=O)n(C2CCC(=O)NC2=O)c2ccc3c(c21)CNCC3. The van der Waals surface area contributed by atoms with Gasteiger partial charge >= 0.3 is 5.69 Å². The topological polar surface area (TPSA) is 85.1 Å². The maximum absolute atomic E-state index is 12.7. The van der Waals surface area contributed by atoms with Crippen molar-refractivity contribution in [2.75, 3.05) is 6.54 Å². The van der Waals surface area contributed by atoms with E-state index in [9.17, 15) is 14.4 Å². The molecular formula is C16H18N4O3. The van der Waals surface area contributed by atoms with E-state index in [2.05, 4.69) is 10.6 Å². The number of piperidine rings is 1. The number of aromatic nitrogens is 2. The van der Waals surface area contributed by atoms with Crippen LogP contribution in [0, 0.1) is 0 Å². The number of carbonyl (C=O) groups excluding carboxylic acids is 2. The minimum absolute atomic E-state index is 0.214. The van der Waals surface area contributed by atoms with E-state index in [1.807, 2.05) is 12.1 Å². The lowest BCUT2D eigenvalue weighted by Crippen LogP contribution is -2.44. The molecule has 23 heavy (non-hydrogen) atoms. The Labute approximate surface area is 132 Å². The van der Waals surface area contributed by atoms with Gasteiger partial charge in [-0.1, -0.05) is 6.07 Å². The number of rotatable bonds is 1. The molecule has 0 aliphatic carbocycles. The summed E-state index contributed by atoms with van der Waals surface area (Å²) in [5.74, 6) is -0.673. The van der Waals surface area contributed by atoms with E-state index in [1.54, 1.807) is 11.6 Å². The molecule has 1 aromatic carbocycles. The van der Waals surface area contributed by atoms with Crippen LogP contribution in [0.4, 0.5) is 0 Å². The molecule has 1 saturated heterocycles. The highest BCUT2D eigenvalue weighted by Crippen LogP contribution is 2.28. The highest BCUT2D eigenvalue weighted by atomic mass is 16.2. The predicted molar refractivity (Wildman–Crippen MR) is 84.0 cm³/mol. The summed E-state index contributed by atoms with van der Waals surface area (Å²) in [4.78, 5) is 36.3. The Morgan fingerprint density at radius 1 is 1.17 bits per heavy atom. The molecule has 1 aromatic heterocycles. The van der Waals surface area contributed by atoms with E-state index in [-0.39, 0.29) is 18.0 Å². The van der Waals surface area contributed by atoms with Crippen molar-refractivity contribution >= 4 is 22.8 Å². The number of benzene rings is 1. The van der Waals surface area contributed by atoms with Gasteiger partial charge in [-0.25, -0.2) is 4.79 Å². The normalized spacial score (nSPS) is 21.3. The van der Waals surface area contributed by atoms with Crippen LogP contribution in [0.3, 0.4) is 0 Å². The third-order valence-corrected chi connectivity index (χ3v) is 4.84. The van der Waals surface area contributed by atoms with Gasteiger partial charge in [0.15, 0.2) is 0 Å². The Hall–Kier alpha value is -2.41. The molecule has 2 N–H and O–H groups in total. The smallest absolute Gasteiger partial charge is 0.312 e. The largest absolute Gasteiger partial charge is 0.329 e. The van der Waals surface area contributed by atoms with Gasteiger partial charge in [0.05, 0.1) is 11.0 Å². The quantitative estimate of drug-likeness (QED) is 0.724. The highest BCUT2D eigenvalue weighted by molar-refractivity contribution is 6.00. The summed E-state index contributed by atoms with van der Waals surface area (Å²) in [5, 5.41) is 5.67. The molecule has 120 valence electrons. The van der Waals surface area contributed by atoms with E-state index in [1.165, 1.54) is 10.1 Å². The first-order chi connectivity index (χ1) is 11.1. The van der Waals surface area contributed by atoms with Crippen LogP contribution in [0.15, 0.2) is 16.9 Å². The molecule has 1 unspecified atom stereocenters. The van der Waals surface area contributed by atoms with Crippen LogP contribution in [-0.4, -0.2) is 27.5 Å². The zero-order valence-corrected chi connectivity index (χ0v) is 12.9. The van der Waals surface area contributed by atoms with Gasteiger partial charge in [-0.05, 0) is 36.6 Å². The van der Waals surface area contributed by atoms with Crippen LogP contribution in [0.2, 0.25) is 0 Å². The lowest BCUT2D eigenvalue weighted by molar-refractivity contribution is -0.135. The molecule has 4 rings (SSSR count). The molecule has 7 nitrogen and oxygen atoms in total. The molecular weight excluding hydrogens is 296 g/mol. The zero-order chi connectivity index (χ0) is 16.1. The van der Waals surface area contributed by atoms with Crippen molar-refractivity contribution < 1.29 is 9.59 Å². The molecule has 0 bridgehead atoms. The fourth-order valence-corrected chi connectivity index (χ4v) is 3.69. The number of amides is 2. The van der Waals surface area contributed by atoms with E-state index in [0.717, 1.165) is 36.1 Å². The molecule has 2 amide bonds. The van der Waals surface area contributed by atoms with Crippen LogP contribution >= 0.6 is 0 Å². The van der Waals surface area contributed by atoms with E-state index in [4.69, 9.17) is 0 Å². The van der Waals surface area contributed by atoms with E-state index < -0.39 is 11.9 Å². The fourth-order valence-electron chi connectivity index (χ4n) is 3.69. The Morgan fingerprint density at radius 2 is 2.00 bits per heavy atom. The summed E-state index contributed by atoms with van der Waals surface area (Å²) in [5.41, 5.74) is 3.79. The van der Waals surface area contributed by atoms with Gasteiger partial charge < -0.3 is 5.32 Å². The molecule has 0 saturated carbocycles. The average molecular weight is 314 g/mol. The standard InChI is InChI=1S/C16H18N4O3/c1-19-14-10-8-17-7-6-9(10)2-3-11(14)20(16(19)23)12-4-5-13(21)18-15(12)22/h2-3,12,17H,4-8H2,1H3,(H,18,21,22). The van der Waals surface area contributed by atoms with Crippen molar-refractivity contribution in [3.8, 4) is 0 Å². The van der Waals surface area contributed by atoms with E-state index >= 15 is 0 Å². The van der Waals surface area contributed by atoms with Gasteiger partial charge in [-0.3, -0.25) is 24.0 Å². The number of carbonyl (C=O) groups is 2. The van der Waals surface area contributed by atoms with Gasteiger partial charge in [-0.15, -0.1) is 0 Å². The third kappa shape index (κ3) is 2.03. The van der Waals surface area contributed by atoms with Crippen LogP contribution in [0.5, 0.6) is 0 Å². The van der Waals surface area contributed by atoms with Gasteiger partial charge in [0.2, 0.25) is 11.8 Å². The number of aryl methyl sites for hydroxylation is 1. The first-order valence-electron chi connectivity index (χ1n) is 7.84. The van der Waals surface area contributed by atoms with E-state index in [0.29, 0.717) is 6.42 Å². The van der Waals surface area contributed by atoms with Crippen molar-refractivity contribution in [3.05, 3.63) is 33.7 Å². The average Bonchev–Trinajstić information content (AvgIpc) is 2.80. The monoisotopic (exact) mass is 314 g/mol. The van der Waals surface area contributed by atoms with Crippen LogP contribution in [-0.2, 0) is 29.6 Å². The van der Waals surface area contributed by atoms with Gasteiger partial charge in [0.25, 0.3) is 0 Å². The predicted octanol–water partition coefficient (Wildman–Crippen LogP) is -0.0366. The molecule has 7 heteroatoms. The van der Waals surface area contributed by atoms with Crippen LogP contribution in [0.1, 0.15) is 30.0 Å². The molecule has 3 heterocycles. The number of nitrogens with zero attached hydrogens (tertiary/aromatic N) is 2. The van der Waals surface area contributed by atoms with Crippen molar-refractivity contribution in [1.29, 1.82) is 0 Å². The molecule has 1 fully saturated rings. The number of hydrogen-bond acceptors (Lipinski definition) is 4. The Morgan fingerprint density at radius 3 is 2.78 bits per heavy atom. The minimum atomic E-state index is -0.626. The van der Waals surface area contributed by atoms with Crippen LogP contribution in [0.25, 0.3) is 11.0 Å². The highest BCUT2D eigenvalue weighted by Gasteiger charge is 2.32. The van der Waals surface area contributed by atoms with Gasteiger partial charge in [0, 0.05) is 20.0 Å². The zero-order valence-electron chi connectivity index (χ0n) is 12.9. The van der Waals surface area contributed by atoms with Crippen molar-refractivity contribution in [3.63, 3.8) is 0 Å². The molecule has 2 aromatic rings. The summed E-state index contributed by atoms with van der Waals surface area (Å²) in [6.07, 6.45) is 1.55. The van der Waals surface area contributed by atoms with Gasteiger partial charge in [0.1, 0.15) is 6.04 Å². The Balaban J connectivity index is 1.94. The lowest BCUT2D eigenvalue weighted by atomic mass is 9.99. The van der Waals surface area contributed by atoms with Crippen molar-refractivity contribution in [2.24, 2.45) is 7.05 Å². The number of imide groups is 1. The molecule has 0 spiro atoms. The maximum atomic E-state index is 12.7. The number of hydrogen-bond donors (Lipinski definition) is 2. The fraction of sp³-hybridized carbons (Fsp3) is 0.438. The van der Waals surface area contributed by atoms with Crippen molar-refractivity contribution in [2.45, 2.75) is 31.8 Å². The summed E-state index contributed by atoms with van der Waals surface area (Å²) < 4.78 is 3.15. The third-order valence-electron chi connectivity index (χ3n) is 4.84. The number of imidazole rings is 1. The lowest BCUT2D eigenvalue weighted by Gasteiger charge is -2.22. The Bertz CT molecular complexity index is 893. The molecule has 2 aliphatic rings. The van der Waals surface area contributed by atoms with Gasteiger partial charge in [-0.2, -0.15) is 0 Å². The second kappa shape index (κ2) is 5.06. The summed E-state index contributed by atoms with van der Waals surface area (Å²) in [7, 11) is 1.74. The number of fused-ring (bicyclic) bond motifs is 3. The number of nitrogens with one attached hydrogen (secondary N) is 2. The Kier molecular flexibility index (Phi) is 3.12. The first kappa shape index (κ1) is 14.2. The van der Waals surface area contributed by atoms with Crippen LogP contribution < -0.4 is 16.3 Å². The molecule has 2 aliphatic heterocycles. The minimum Gasteiger partial charge on any atom is -0.312 e. The second-order valence-corrected chi connectivity index (χ2v) is 6.18.